The van der Waals surface area contributed by atoms with Crippen molar-refractivity contribution < 1.29 is 4.74 Å². The Bertz CT molecular complexity index is 299. The molecule has 0 unspecified atom stereocenters. The van der Waals surface area contributed by atoms with Crippen LogP contribution in [0, 0.1) is 0 Å². The lowest BCUT2D eigenvalue weighted by Crippen LogP contribution is -2.11. The average Bonchev–Trinajstić information content (AvgIpc) is 2.60. The molecule has 15 heavy (non-hydrogen) atoms. The van der Waals surface area contributed by atoms with Crippen LogP contribution in [0.1, 0.15) is 45.3 Å². The van der Waals surface area contributed by atoms with Gasteiger partial charge in [0, 0.05) is 12.6 Å². The molecule has 0 saturated heterocycles. The van der Waals surface area contributed by atoms with Gasteiger partial charge in [-0.05, 0) is 35.7 Å². The Morgan fingerprint density at radius 2 is 2.27 bits per heavy atom. The minimum absolute atomic E-state index is 0.427. The predicted molar refractivity (Wildman–Crippen MR) is 64.9 cm³/mol. The van der Waals surface area contributed by atoms with E-state index in [0.29, 0.717) is 12.6 Å². The van der Waals surface area contributed by atoms with Gasteiger partial charge in [0.1, 0.15) is 0 Å². The first-order valence-corrected chi connectivity index (χ1v) is 6.29. The molecule has 0 N–H and O–H groups in total. The molecule has 1 heterocycles. The first kappa shape index (κ1) is 12.7. The number of hydrogen-bond acceptors (Lipinski definition) is 2. The lowest BCUT2D eigenvalue weighted by Gasteiger charge is -2.14. The van der Waals surface area contributed by atoms with E-state index in [1.807, 2.05) is 10.9 Å². The Labute approximate surface area is 99.9 Å². The van der Waals surface area contributed by atoms with Gasteiger partial charge in [0.05, 0.1) is 23.0 Å². The summed E-state index contributed by atoms with van der Waals surface area (Å²) in [5.41, 5.74) is 1.14. The van der Waals surface area contributed by atoms with E-state index in [2.05, 4.69) is 41.8 Å². The zero-order chi connectivity index (χ0) is 11.3. The molecule has 1 aromatic heterocycles. The van der Waals surface area contributed by atoms with Gasteiger partial charge < -0.3 is 4.74 Å². The van der Waals surface area contributed by atoms with Gasteiger partial charge in [0.2, 0.25) is 0 Å². The van der Waals surface area contributed by atoms with Crippen molar-refractivity contribution in [2.24, 2.45) is 0 Å². The highest BCUT2D eigenvalue weighted by molar-refractivity contribution is 9.10. The highest BCUT2D eigenvalue weighted by Gasteiger charge is 2.12. The molecule has 0 aliphatic rings. The molecular weight excluding hydrogens is 256 g/mol. The summed E-state index contributed by atoms with van der Waals surface area (Å²) >= 11 is 3.50. The highest BCUT2D eigenvalue weighted by atomic mass is 79.9. The quantitative estimate of drug-likeness (QED) is 0.742. The molecule has 3 nitrogen and oxygen atoms in total. The molecule has 1 rings (SSSR count). The average molecular weight is 275 g/mol. The Hall–Kier alpha value is -0.350. The lowest BCUT2D eigenvalue weighted by atomic mass is 10.2. The van der Waals surface area contributed by atoms with Gasteiger partial charge in [-0.25, -0.2) is 0 Å². The lowest BCUT2D eigenvalue weighted by molar-refractivity contribution is 0.113. The minimum atomic E-state index is 0.427. The van der Waals surface area contributed by atoms with Crippen molar-refractivity contribution in [3.8, 4) is 0 Å². The van der Waals surface area contributed by atoms with Gasteiger partial charge in [-0.3, -0.25) is 4.68 Å². The van der Waals surface area contributed by atoms with Crippen molar-refractivity contribution in [2.75, 3.05) is 6.61 Å². The summed E-state index contributed by atoms with van der Waals surface area (Å²) in [5, 5.41) is 4.36. The van der Waals surface area contributed by atoms with Crippen LogP contribution in [0.3, 0.4) is 0 Å². The van der Waals surface area contributed by atoms with Crippen LogP contribution in [0.5, 0.6) is 0 Å². The molecule has 0 spiro atoms. The van der Waals surface area contributed by atoms with E-state index in [1.54, 1.807) is 0 Å². The molecule has 0 radical (unpaired) electrons. The Morgan fingerprint density at radius 1 is 1.53 bits per heavy atom. The molecule has 0 aromatic carbocycles. The SMILES string of the molecule is CCCOCc1c(Br)cnn1[C@H](C)CC. The van der Waals surface area contributed by atoms with Crippen LogP contribution in [0.2, 0.25) is 0 Å². The van der Waals surface area contributed by atoms with E-state index in [9.17, 15) is 0 Å². The fourth-order valence-corrected chi connectivity index (χ4v) is 1.76. The van der Waals surface area contributed by atoms with Gasteiger partial charge in [-0.2, -0.15) is 5.10 Å². The van der Waals surface area contributed by atoms with Crippen LogP contribution in [-0.4, -0.2) is 16.4 Å². The Morgan fingerprint density at radius 3 is 2.87 bits per heavy atom. The van der Waals surface area contributed by atoms with Crippen LogP contribution in [0.15, 0.2) is 10.7 Å². The van der Waals surface area contributed by atoms with Gasteiger partial charge in [-0.1, -0.05) is 13.8 Å². The summed E-state index contributed by atoms with van der Waals surface area (Å²) < 4.78 is 8.63. The van der Waals surface area contributed by atoms with E-state index in [1.165, 1.54) is 0 Å². The molecule has 0 amide bonds. The predicted octanol–water partition coefficient (Wildman–Crippen LogP) is 3.54. The Kier molecular flexibility index (Phi) is 5.32. The van der Waals surface area contributed by atoms with Gasteiger partial charge in [0.15, 0.2) is 0 Å². The van der Waals surface area contributed by atoms with Crippen molar-refractivity contribution >= 4 is 15.9 Å². The van der Waals surface area contributed by atoms with Crippen molar-refractivity contribution in [3.05, 3.63) is 16.4 Å². The molecule has 86 valence electrons. The zero-order valence-corrected chi connectivity index (χ0v) is 11.2. The van der Waals surface area contributed by atoms with E-state index < -0.39 is 0 Å². The van der Waals surface area contributed by atoms with Crippen molar-refractivity contribution in [2.45, 2.75) is 46.3 Å². The summed E-state index contributed by atoms with van der Waals surface area (Å²) in [5.74, 6) is 0. The van der Waals surface area contributed by atoms with Gasteiger partial charge in [0.25, 0.3) is 0 Å². The Balaban J connectivity index is 2.70. The van der Waals surface area contributed by atoms with E-state index >= 15 is 0 Å². The fourth-order valence-electron chi connectivity index (χ4n) is 1.37. The normalized spacial score (nSPS) is 13.1. The summed E-state index contributed by atoms with van der Waals surface area (Å²) in [6.45, 7) is 7.89. The molecule has 1 atom stereocenters. The number of nitrogens with zero attached hydrogens (tertiary/aromatic N) is 2. The molecular formula is C11H19BrN2O. The number of hydrogen-bond donors (Lipinski definition) is 0. The van der Waals surface area contributed by atoms with Crippen LogP contribution < -0.4 is 0 Å². The maximum absolute atomic E-state index is 5.55. The summed E-state index contributed by atoms with van der Waals surface area (Å²) in [6, 6.07) is 0.427. The minimum Gasteiger partial charge on any atom is -0.375 e. The first-order chi connectivity index (χ1) is 7.20. The number of ether oxygens (including phenoxy) is 1. The third-order valence-corrected chi connectivity index (χ3v) is 3.11. The number of aromatic nitrogens is 2. The third-order valence-electron chi connectivity index (χ3n) is 2.44. The van der Waals surface area contributed by atoms with E-state index in [-0.39, 0.29) is 0 Å². The third kappa shape index (κ3) is 3.31. The van der Waals surface area contributed by atoms with E-state index in [0.717, 1.165) is 29.6 Å². The monoisotopic (exact) mass is 274 g/mol. The molecule has 0 saturated carbocycles. The van der Waals surface area contributed by atoms with Gasteiger partial charge in [-0.15, -0.1) is 0 Å². The molecule has 4 heteroatoms. The number of halogens is 1. The fraction of sp³-hybridized carbons (Fsp3) is 0.727. The highest BCUT2D eigenvalue weighted by Crippen LogP contribution is 2.21. The molecule has 1 aromatic rings. The zero-order valence-electron chi connectivity index (χ0n) is 9.66. The van der Waals surface area contributed by atoms with Crippen molar-refractivity contribution in [3.63, 3.8) is 0 Å². The summed E-state index contributed by atoms with van der Waals surface area (Å²) in [4.78, 5) is 0. The topological polar surface area (TPSA) is 27.1 Å². The molecule has 0 fully saturated rings. The van der Waals surface area contributed by atoms with Gasteiger partial charge >= 0.3 is 0 Å². The molecule has 0 aliphatic heterocycles. The van der Waals surface area contributed by atoms with E-state index in [4.69, 9.17) is 4.74 Å². The first-order valence-electron chi connectivity index (χ1n) is 5.50. The largest absolute Gasteiger partial charge is 0.375 e. The maximum Gasteiger partial charge on any atom is 0.0896 e. The second-order valence-electron chi connectivity index (χ2n) is 3.69. The maximum atomic E-state index is 5.55. The van der Waals surface area contributed by atoms with Crippen LogP contribution in [0.25, 0.3) is 0 Å². The standard InChI is InChI=1S/C11H19BrN2O/c1-4-6-15-8-11-10(12)7-13-14(11)9(3)5-2/h7,9H,4-6,8H2,1-3H3/t9-/m1/s1. The second-order valence-corrected chi connectivity index (χ2v) is 4.55. The smallest absolute Gasteiger partial charge is 0.0896 e. The summed E-state index contributed by atoms with van der Waals surface area (Å²) in [7, 11) is 0. The van der Waals surface area contributed by atoms with Crippen molar-refractivity contribution in [1.29, 1.82) is 0 Å². The second kappa shape index (κ2) is 6.28. The van der Waals surface area contributed by atoms with Crippen molar-refractivity contribution in [1.82, 2.24) is 9.78 Å². The van der Waals surface area contributed by atoms with Crippen LogP contribution in [0.4, 0.5) is 0 Å². The van der Waals surface area contributed by atoms with Crippen LogP contribution >= 0.6 is 15.9 Å². The molecule has 0 bridgehead atoms. The number of rotatable bonds is 6. The summed E-state index contributed by atoms with van der Waals surface area (Å²) in [6.07, 6.45) is 3.97. The molecule has 0 aliphatic carbocycles. The van der Waals surface area contributed by atoms with Crippen LogP contribution in [-0.2, 0) is 11.3 Å².